The van der Waals surface area contributed by atoms with Gasteiger partial charge in [0.05, 0.1) is 6.26 Å². The Morgan fingerprint density at radius 3 is 2.31 bits per heavy atom. The van der Waals surface area contributed by atoms with Gasteiger partial charge in [0.2, 0.25) is 10.0 Å². The minimum Gasteiger partial charge on any atom is -0.306 e. The lowest BCUT2D eigenvalue weighted by atomic mass is 9.70. The molecule has 12 heteroatoms. The van der Waals surface area contributed by atoms with E-state index < -0.39 is 20.0 Å². The smallest absolute Gasteiger partial charge is 0.278 e. The molecule has 1 aromatic carbocycles. The summed E-state index contributed by atoms with van der Waals surface area (Å²) in [5.41, 5.74) is 2.00. The van der Waals surface area contributed by atoms with Crippen LogP contribution in [0.3, 0.4) is 0 Å². The van der Waals surface area contributed by atoms with Crippen LogP contribution in [-0.2, 0) is 32.5 Å². The Hall–Kier alpha value is -2.44. The lowest BCUT2D eigenvalue weighted by Gasteiger charge is -2.34. The average molecular weight is 536 g/mol. The second kappa shape index (κ2) is 9.14. The summed E-state index contributed by atoms with van der Waals surface area (Å²) in [6.07, 6.45) is 8.79. The number of carbonyl (C=O) groups excluding carboxylic acids is 1. The lowest BCUT2D eigenvalue weighted by Crippen LogP contribution is -2.38. The van der Waals surface area contributed by atoms with E-state index in [1.54, 1.807) is 24.1 Å². The van der Waals surface area contributed by atoms with Crippen molar-refractivity contribution in [3.63, 3.8) is 0 Å². The van der Waals surface area contributed by atoms with Gasteiger partial charge in [-0.2, -0.15) is 9.40 Å². The molecule has 0 atom stereocenters. The van der Waals surface area contributed by atoms with E-state index in [1.807, 2.05) is 6.07 Å². The first-order valence-electron chi connectivity index (χ1n) is 12.5. The topological polar surface area (TPSA) is 122 Å². The molecule has 2 aromatic rings. The molecular formula is C24H33N5O5S2. The van der Waals surface area contributed by atoms with Crippen LogP contribution in [0.2, 0.25) is 0 Å². The number of sulfonamides is 2. The summed E-state index contributed by atoms with van der Waals surface area (Å²) in [5, 5.41) is 4.34. The minimum atomic E-state index is -3.74. The van der Waals surface area contributed by atoms with Crippen molar-refractivity contribution < 1.29 is 21.6 Å². The van der Waals surface area contributed by atoms with E-state index >= 15 is 0 Å². The molecule has 196 valence electrons. The number of rotatable bonds is 5. The fraction of sp³-hybridized carbons (Fsp3) is 0.583. The molecule has 1 amide bonds. The van der Waals surface area contributed by atoms with E-state index in [2.05, 4.69) is 9.82 Å². The van der Waals surface area contributed by atoms with E-state index in [1.165, 1.54) is 15.1 Å². The monoisotopic (exact) mass is 535 g/mol. The van der Waals surface area contributed by atoms with Gasteiger partial charge in [0, 0.05) is 49.5 Å². The van der Waals surface area contributed by atoms with Crippen molar-refractivity contribution in [2.75, 3.05) is 35.5 Å². The molecule has 1 N–H and O–H groups in total. The Labute approximate surface area is 212 Å². The van der Waals surface area contributed by atoms with Crippen LogP contribution in [0.15, 0.2) is 29.3 Å². The molecule has 1 saturated heterocycles. The second-order valence-electron chi connectivity index (χ2n) is 10.3. The number of hydrogen-bond acceptors (Lipinski definition) is 6. The fourth-order valence-electron chi connectivity index (χ4n) is 5.96. The van der Waals surface area contributed by atoms with Crippen molar-refractivity contribution in [1.29, 1.82) is 0 Å². The van der Waals surface area contributed by atoms with Crippen molar-refractivity contribution >= 4 is 37.3 Å². The first-order chi connectivity index (χ1) is 17.0. The zero-order chi connectivity index (χ0) is 25.7. The third-order valence-corrected chi connectivity index (χ3v) is 10.2. The molecule has 0 bridgehead atoms. The summed E-state index contributed by atoms with van der Waals surface area (Å²) in [4.78, 5) is 15.4. The van der Waals surface area contributed by atoms with Gasteiger partial charge in [0.25, 0.3) is 15.9 Å². The Balaban J connectivity index is 1.49. The van der Waals surface area contributed by atoms with E-state index in [-0.39, 0.29) is 22.0 Å². The summed E-state index contributed by atoms with van der Waals surface area (Å²) < 4.78 is 55.4. The summed E-state index contributed by atoms with van der Waals surface area (Å²) in [7, 11) is -5.63. The summed E-state index contributed by atoms with van der Waals surface area (Å²) in [6.45, 7) is 1.42. The normalized spacial score (nSPS) is 20.4. The number of anilines is 2. The molecule has 2 fully saturated rings. The summed E-state index contributed by atoms with van der Waals surface area (Å²) in [5.74, 6) is -0.349. The average Bonchev–Trinajstić information content (AvgIpc) is 3.38. The van der Waals surface area contributed by atoms with Crippen LogP contribution in [-0.4, -0.2) is 62.7 Å². The Morgan fingerprint density at radius 2 is 1.64 bits per heavy atom. The van der Waals surface area contributed by atoms with Crippen molar-refractivity contribution in [3.8, 4) is 0 Å². The van der Waals surface area contributed by atoms with E-state index in [0.29, 0.717) is 25.3 Å². The zero-order valence-electron chi connectivity index (χ0n) is 20.7. The van der Waals surface area contributed by atoms with Crippen molar-refractivity contribution in [3.05, 3.63) is 35.5 Å². The summed E-state index contributed by atoms with van der Waals surface area (Å²) >= 11 is 0. The van der Waals surface area contributed by atoms with Gasteiger partial charge in [-0.1, -0.05) is 25.7 Å². The molecule has 0 radical (unpaired) electrons. The number of carbonyl (C=O) groups is 1. The van der Waals surface area contributed by atoms with Crippen LogP contribution in [0.25, 0.3) is 0 Å². The molecule has 5 rings (SSSR count). The van der Waals surface area contributed by atoms with Crippen molar-refractivity contribution in [2.45, 2.75) is 61.8 Å². The number of aromatic nitrogens is 2. The summed E-state index contributed by atoms with van der Waals surface area (Å²) in [6, 6.07) is 6.67. The van der Waals surface area contributed by atoms with Gasteiger partial charge < -0.3 is 4.90 Å². The highest BCUT2D eigenvalue weighted by molar-refractivity contribution is 7.92. The van der Waals surface area contributed by atoms with Crippen molar-refractivity contribution in [1.82, 2.24) is 14.1 Å². The number of amides is 1. The van der Waals surface area contributed by atoms with Crippen molar-refractivity contribution in [2.24, 2.45) is 7.05 Å². The molecule has 2 aliphatic heterocycles. The van der Waals surface area contributed by atoms with Gasteiger partial charge in [-0.15, -0.1) is 0 Å². The highest BCUT2D eigenvalue weighted by atomic mass is 32.2. The first-order valence-corrected chi connectivity index (χ1v) is 15.8. The standard InChI is InChI=1S/C24H33N5O5S2/c1-27-22(36(33,34)28-13-7-4-8-14-28)16-20(25-27)23(30)29-17-24(11-5-3-6-12-24)19-15-18(9-10-21(19)29)26-35(2,31)32/h9-10,15-16,26H,3-8,11-14,17H2,1-2H3. The van der Waals surface area contributed by atoms with Gasteiger partial charge in [-0.05, 0) is 49.4 Å². The predicted octanol–water partition coefficient (Wildman–Crippen LogP) is 2.83. The molecule has 1 saturated carbocycles. The number of nitrogens with zero attached hydrogens (tertiary/aromatic N) is 4. The molecule has 0 unspecified atom stereocenters. The molecule has 1 spiro atoms. The van der Waals surface area contributed by atoms with Crippen LogP contribution >= 0.6 is 0 Å². The van der Waals surface area contributed by atoms with Gasteiger partial charge in [0.15, 0.2) is 10.7 Å². The maximum atomic E-state index is 13.7. The van der Waals surface area contributed by atoms with Gasteiger partial charge in [-0.3, -0.25) is 14.2 Å². The number of aryl methyl sites for hydroxylation is 1. The number of benzene rings is 1. The number of fused-ring (bicyclic) bond motifs is 2. The van der Waals surface area contributed by atoms with E-state index in [4.69, 9.17) is 0 Å². The van der Waals surface area contributed by atoms with Gasteiger partial charge in [-0.25, -0.2) is 16.8 Å². The highest BCUT2D eigenvalue weighted by Crippen LogP contribution is 2.50. The molecule has 10 nitrogen and oxygen atoms in total. The largest absolute Gasteiger partial charge is 0.306 e. The third-order valence-electron chi connectivity index (χ3n) is 7.65. The lowest BCUT2D eigenvalue weighted by molar-refractivity contribution is 0.0977. The van der Waals surface area contributed by atoms with E-state index in [0.717, 1.165) is 68.9 Å². The third kappa shape index (κ3) is 4.54. The van der Waals surface area contributed by atoms with Gasteiger partial charge in [0.1, 0.15) is 0 Å². The number of hydrogen-bond donors (Lipinski definition) is 1. The highest BCUT2D eigenvalue weighted by Gasteiger charge is 2.46. The van der Waals surface area contributed by atoms with Crippen LogP contribution in [0.1, 0.15) is 67.4 Å². The maximum absolute atomic E-state index is 13.7. The zero-order valence-corrected chi connectivity index (χ0v) is 22.4. The second-order valence-corrected chi connectivity index (χ2v) is 13.9. The number of nitrogens with one attached hydrogen (secondary N) is 1. The molecule has 1 aliphatic carbocycles. The minimum absolute atomic E-state index is 0.0206. The molecular weight excluding hydrogens is 502 g/mol. The first kappa shape index (κ1) is 25.2. The van der Waals surface area contributed by atoms with E-state index in [9.17, 15) is 21.6 Å². The quantitative estimate of drug-likeness (QED) is 0.628. The molecule has 36 heavy (non-hydrogen) atoms. The van der Waals surface area contributed by atoms with Crippen LogP contribution < -0.4 is 9.62 Å². The number of piperidine rings is 1. The Bertz CT molecular complexity index is 1390. The van der Waals surface area contributed by atoms with Crippen LogP contribution in [0.4, 0.5) is 11.4 Å². The molecule has 3 heterocycles. The SMILES string of the molecule is Cn1nc(C(=O)N2CC3(CCCCC3)c3cc(NS(C)(=O)=O)ccc32)cc1S(=O)(=O)N1CCCCC1. The Kier molecular flexibility index (Phi) is 6.40. The predicted molar refractivity (Wildman–Crippen MR) is 137 cm³/mol. The molecule has 3 aliphatic rings. The maximum Gasteiger partial charge on any atom is 0.278 e. The molecule has 1 aromatic heterocycles. The van der Waals surface area contributed by atoms with Gasteiger partial charge >= 0.3 is 0 Å². The van der Waals surface area contributed by atoms with Crippen LogP contribution in [0.5, 0.6) is 0 Å². The Morgan fingerprint density at radius 1 is 0.972 bits per heavy atom. The van der Waals surface area contributed by atoms with Crippen LogP contribution in [0, 0.1) is 0 Å². The fourth-order valence-corrected chi connectivity index (χ4v) is 8.15.